The number of aromatic nitrogens is 3. The number of aromatic hydroxyl groups is 1. The second kappa shape index (κ2) is 8.87. The van der Waals surface area contributed by atoms with Crippen molar-refractivity contribution in [2.75, 3.05) is 0 Å². The molecule has 0 bridgehead atoms. The number of aliphatic imine (C=N–C) groups is 1. The Bertz CT molecular complexity index is 1330. The van der Waals surface area contributed by atoms with Gasteiger partial charge < -0.3 is 10.1 Å². The number of nitrogens with one attached hydrogen (secondary N) is 2. The van der Waals surface area contributed by atoms with Gasteiger partial charge in [-0.2, -0.15) is 0 Å². The molecule has 0 fully saturated rings. The van der Waals surface area contributed by atoms with E-state index in [1.807, 2.05) is 61.7 Å². The smallest absolute Gasteiger partial charge is 0.331 e. The third-order valence-electron chi connectivity index (χ3n) is 5.41. The molecule has 0 aliphatic heterocycles. The predicted octanol–water partition coefficient (Wildman–Crippen LogP) is 3.21. The van der Waals surface area contributed by atoms with Gasteiger partial charge >= 0.3 is 5.69 Å². The van der Waals surface area contributed by atoms with Crippen LogP contribution >= 0.6 is 0 Å². The minimum absolute atomic E-state index is 0.0205. The molecule has 3 N–H and O–H groups in total. The number of aromatic amines is 2. The minimum Gasteiger partial charge on any atom is -0.494 e. The summed E-state index contributed by atoms with van der Waals surface area (Å²) >= 11 is 0. The zero-order chi connectivity index (χ0) is 21.8. The van der Waals surface area contributed by atoms with Crippen LogP contribution in [0.15, 0.2) is 75.4 Å². The van der Waals surface area contributed by atoms with E-state index in [1.54, 1.807) is 0 Å². The van der Waals surface area contributed by atoms with Gasteiger partial charge in [-0.1, -0.05) is 55.5 Å². The highest BCUT2D eigenvalue weighted by atomic mass is 16.3. The summed E-state index contributed by atoms with van der Waals surface area (Å²) in [5.74, 6) is -0.386. The molecule has 2 aromatic carbocycles. The number of nitrogens with zero attached hydrogens (tertiary/aromatic N) is 2. The molecule has 4 rings (SSSR count). The van der Waals surface area contributed by atoms with Crippen LogP contribution in [0.5, 0.6) is 5.88 Å². The molecule has 2 aromatic heterocycles. The van der Waals surface area contributed by atoms with Crippen molar-refractivity contribution in [3.05, 3.63) is 98.3 Å². The monoisotopic (exact) mass is 416 g/mol. The van der Waals surface area contributed by atoms with Crippen LogP contribution in [0.3, 0.4) is 0 Å². The van der Waals surface area contributed by atoms with Crippen molar-refractivity contribution < 1.29 is 5.11 Å². The van der Waals surface area contributed by atoms with Gasteiger partial charge in [0.2, 0.25) is 5.88 Å². The molecule has 0 amide bonds. The van der Waals surface area contributed by atoms with Gasteiger partial charge in [-0.25, -0.2) is 4.79 Å². The SMILES string of the molecule is CCC(Cc1c[nH]c2ccccc12)N=Cc1c(O)n(Cc2ccccc2)c(=O)[nH]c1=O. The molecular weight excluding hydrogens is 392 g/mol. The number of H-pyrrole nitrogens is 2. The zero-order valence-electron chi connectivity index (χ0n) is 17.2. The standard InChI is InChI=1S/C24H24N4O3/c1-2-18(12-17-13-26-21-11-7-6-10-19(17)21)25-14-20-22(29)27-24(31)28(23(20)30)15-16-8-4-3-5-9-16/h3-11,13-14,18,26,30H,2,12,15H2,1H3,(H,27,29,31). The van der Waals surface area contributed by atoms with E-state index in [0.29, 0.717) is 6.42 Å². The zero-order valence-corrected chi connectivity index (χ0v) is 17.2. The summed E-state index contributed by atoms with van der Waals surface area (Å²) in [4.78, 5) is 34.7. The van der Waals surface area contributed by atoms with E-state index < -0.39 is 11.2 Å². The second-order valence-electron chi connectivity index (χ2n) is 7.47. The lowest BCUT2D eigenvalue weighted by Gasteiger charge is -2.11. The Hall–Kier alpha value is -3.87. The molecule has 0 radical (unpaired) electrons. The maximum absolute atomic E-state index is 12.3. The van der Waals surface area contributed by atoms with Crippen LogP contribution in [-0.4, -0.2) is 31.9 Å². The molecule has 1 unspecified atom stereocenters. The van der Waals surface area contributed by atoms with E-state index in [2.05, 4.69) is 21.0 Å². The maximum Gasteiger partial charge on any atom is 0.331 e. The van der Waals surface area contributed by atoms with Gasteiger partial charge in [0.15, 0.2) is 0 Å². The highest BCUT2D eigenvalue weighted by Crippen LogP contribution is 2.21. The van der Waals surface area contributed by atoms with Crippen LogP contribution < -0.4 is 11.2 Å². The number of hydrogen-bond acceptors (Lipinski definition) is 4. The summed E-state index contributed by atoms with van der Waals surface area (Å²) in [5.41, 5.74) is 1.71. The van der Waals surface area contributed by atoms with E-state index in [0.717, 1.165) is 33.0 Å². The Kier molecular flexibility index (Phi) is 5.84. The van der Waals surface area contributed by atoms with Crippen LogP contribution in [0, 0.1) is 0 Å². The van der Waals surface area contributed by atoms with Gasteiger partial charge in [0, 0.05) is 23.3 Å². The van der Waals surface area contributed by atoms with Crippen LogP contribution in [0.25, 0.3) is 10.9 Å². The maximum atomic E-state index is 12.3. The van der Waals surface area contributed by atoms with Crippen LogP contribution in [0.2, 0.25) is 0 Å². The molecule has 1 atom stereocenters. The molecule has 0 saturated carbocycles. The van der Waals surface area contributed by atoms with E-state index in [1.165, 1.54) is 6.21 Å². The minimum atomic E-state index is -0.658. The summed E-state index contributed by atoms with van der Waals surface area (Å²) in [6.07, 6.45) is 4.81. The van der Waals surface area contributed by atoms with Crippen molar-refractivity contribution in [2.45, 2.75) is 32.4 Å². The number of rotatable bonds is 7. The lowest BCUT2D eigenvalue weighted by molar-refractivity contribution is 0.408. The molecule has 4 aromatic rings. The van der Waals surface area contributed by atoms with Crippen LogP contribution in [0.4, 0.5) is 0 Å². The Morgan fingerprint density at radius 2 is 1.84 bits per heavy atom. The third-order valence-corrected chi connectivity index (χ3v) is 5.41. The summed E-state index contributed by atoms with van der Waals surface area (Å²) in [7, 11) is 0. The normalized spacial score (nSPS) is 12.5. The van der Waals surface area contributed by atoms with Crippen molar-refractivity contribution in [1.82, 2.24) is 14.5 Å². The molecule has 0 spiro atoms. The fourth-order valence-electron chi connectivity index (χ4n) is 3.64. The second-order valence-corrected chi connectivity index (χ2v) is 7.47. The number of para-hydroxylation sites is 1. The Morgan fingerprint density at radius 1 is 1.10 bits per heavy atom. The summed E-state index contributed by atoms with van der Waals surface area (Å²) in [6.45, 7) is 2.17. The van der Waals surface area contributed by atoms with E-state index >= 15 is 0 Å². The average molecular weight is 416 g/mol. The van der Waals surface area contributed by atoms with Gasteiger partial charge in [-0.3, -0.25) is 19.3 Å². The van der Waals surface area contributed by atoms with Gasteiger partial charge in [0.1, 0.15) is 5.56 Å². The largest absolute Gasteiger partial charge is 0.494 e. The molecule has 7 nitrogen and oxygen atoms in total. The highest BCUT2D eigenvalue weighted by Gasteiger charge is 2.14. The van der Waals surface area contributed by atoms with Crippen molar-refractivity contribution >= 4 is 17.1 Å². The van der Waals surface area contributed by atoms with E-state index in [-0.39, 0.29) is 24.0 Å². The van der Waals surface area contributed by atoms with Gasteiger partial charge in [-0.05, 0) is 30.0 Å². The van der Waals surface area contributed by atoms with Crippen molar-refractivity contribution in [3.8, 4) is 5.88 Å². The molecule has 0 aliphatic rings. The van der Waals surface area contributed by atoms with E-state index in [4.69, 9.17) is 0 Å². The lowest BCUT2D eigenvalue weighted by Crippen LogP contribution is -2.32. The van der Waals surface area contributed by atoms with Crippen LogP contribution in [0.1, 0.15) is 30.0 Å². The number of hydrogen-bond donors (Lipinski definition) is 3. The number of benzene rings is 2. The molecule has 7 heteroatoms. The summed E-state index contributed by atoms with van der Waals surface area (Å²) < 4.78 is 1.14. The fraction of sp³-hybridized carbons (Fsp3) is 0.208. The van der Waals surface area contributed by atoms with Crippen molar-refractivity contribution in [1.29, 1.82) is 0 Å². The Balaban J connectivity index is 1.62. The summed E-state index contributed by atoms with van der Waals surface area (Å²) in [5, 5.41) is 11.8. The third kappa shape index (κ3) is 4.35. The first-order valence-electron chi connectivity index (χ1n) is 10.2. The highest BCUT2D eigenvalue weighted by molar-refractivity contribution is 5.84. The fourth-order valence-corrected chi connectivity index (χ4v) is 3.64. The topological polar surface area (TPSA) is 103 Å². The predicted molar refractivity (Wildman–Crippen MR) is 122 cm³/mol. The van der Waals surface area contributed by atoms with Gasteiger partial charge in [-0.15, -0.1) is 0 Å². The first kappa shape index (κ1) is 20.4. The van der Waals surface area contributed by atoms with Crippen molar-refractivity contribution in [3.63, 3.8) is 0 Å². The molecule has 31 heavy (non-hydrogen) atoms. The quantitative estimate of drug-likeness (QED) is 0.403. The molecule has 0 saturated heterocycles. The molecule has 0 aliphatic carbocycles. The summed E-state index contributed by atoms with van der Waals surface area (Å²) in [6, 6.07) is 17.3. The first-order chi connectivity index (χ1) is 15.1. The Labute approximate surface area is 178 Å². The molecule has 2 heterocycles. The average Bonchev–Trinajstić information content (AvgIpc) is 3.19. The Morgan fingerprint density at radius 3 is 2.61 bits per heavy atom. The molecular formula is C24H24N4O3. The molecule has 158 valence electrons. The number of fused-ring (bicyclic) bond motifs is 1. The lowest BCUT2D eigenvalue weighted by atomic mass is 10.0. The van der Waals surface area contributed by atoms with Gasteiger partial charge in [0.05, 0.1) is 12.6 Å². The van der Waals surface area contributed by atoms with Gasteiger partial charge in [0.25, 0.3) is 5.56 Å². The first-order valence-corrected chi connectivity index (χ1v) is 10.2. The van der Waals surface area contributed by atoms with E-state index in [9.17, 15) is 14.7 Å². The van der Waals surface area contributed by atoms with Crippen LogP contribution in [-0.2, 0) is 13.0 Å². The van der Waals surface area contributed by atoms with Crippen molar-refractivity contribution in [2.24, 2.45) is 4.99 Å².